The summed E-state index contributed by atoms with van der Waals surface area (Å²) in [6.45, 7) is 0. The average Bonchev–Trinajstić information content (AvgIpc) is 4.01. The van der Waals surface area contributed by atoms with Crippen LogP contribution in [-0.4, -0.2) is 4.98 Å². The normalized spacial score (nSPS) is 13.7. The monoisotopic (exact) mass is 862 g/mol. The van der Waals surface area contributed by atoms with Gasteiger partial charge in [0.1, 0.15) is 16.2 Å². The van der Waals surface area contributed by atoms with Crippen molar-refractivity contribution in [2.24, 2.45) is 0 Å². The molecule has 1 aliphatic rings. The van der Waals surface area contributed by atoms with Crippen molar-refractivity contribution in [2.45, 2.75) is 5.41 Å². The molecule has 312 valence electrons. The second-order valence-corrected chi connectivity index (χ2v) is 17.7. The van der Waals surface area contributed by atoms with Crippen molar-refractivity contribution in [3.05, 3.63) is 277 Å². The lowest BCUT2D eigenvalue weighted by atomic mass is 9.68. The highest BCUT2D eigenvalue weighted by molar-refractivity contribution is 7.21. The van der Waals surface area contributed by atoms with Crippen molar-refractivity contribution >= 4 is 60.9 Å². The fourth-order valence-electron chi connectivity index (χ4n) is 9.65. The van der Waals surface area contributed by atoms with E-state index in [4.69, 9.17) is 9.40 Å². The number of furan rings is 1. The van der Waals surface area contributed by atoms with Crippen LogP contribution in [-0.2, 0) is 5.41 Å². The van der Waals surface area contributed by atoms with Crippen molar-refractivity contribution < 1.29 is 4.42 Å². The molecule has 2 aromatic heterocycles. The van der Waals surface area contributed by atoms with E-state index in [0.29, 0.717) is 0 Å². The molecule has 0 amide bonds. The Hall–Kier alpha value is -8.31. The highest BCUT2D eigenvalue weighted by Crippen LogP contribution is 2.45. The highest BCUT2D eigenvalue weighted by Gasteiger charge is 2.36. The summed E-state index contributed by atoms with van der Waals surface area (Å²) in [5.74, 6) is 0. The van der Waals surface area contributed by atoms with Crippen LogP contribution < -0.4 is 4.90 Å². The zero-order valence-corrected chi connectivity index (χ0v) is 36.8. The van der Waals surface area contributed by atoms with Crippen LogP contribution in [0.5, 0.6) is 0 Å². The van der Waals surface area contributed by atoms with Gasteiger partial charge in [-0.2, -0.15) is 0 Å². The van der Waals surface area contributed by atoms with Gasteiger partial charge >= 0.3 is 0 Å². The Bertz CT molecular complexity index is 3580. The van der Waals surface area contributed by atoms with Gasteiger partial charge in [-0.3, -0.25) is 0 Å². The SMILES string of the molecule is C1=Cc2ccccc2C(c2ccccc2)(c2ccccc2)/C=C\C(N(c2ccc(-c3cccc4c3oc3ccccc34)cc2)c2ccc3sc(-c4ccc(-c5ccccc5)cc4)nc3c2)=C1. The van der Waals surface area contributed by atoms with Gasteiger partial charge in [0, 0.05) is 39.0 Å². The number of hydrogen-bond donors (Lipinski definition) is 0. The molecule has 0 radical (unpaired) electrons. The topological polar surface area (TPSA) is 29.3 Å². The average molecular weight is 863 g/mol. The second-order valence-electron chi connectivity index (χ2n) is 16.7. The molecule has 1 aliphatic carbocycles. The van der Waals surface area contributed by atoms with E-state index < -0.39 is 5.41 Å². The third-order valence-electron chi connectivity index (χ3n) is 12.9. The molecular weight excluding hydrogens is 821 g/mol. The summed E-state index contributed by atoms with van der Waals surface area (Å²) in [6.07, 6.45) is 11.4. The summed E-state index contributed by atoms with van der Waals surface area (Å²) >= 11 is 1.72. The Kier molecular flexibility index (Phi) is 9.93. The molecule has 0 bridgehead atoms. The summed E-state index contributed by atoms with van der Waals surface area (Å²) in [7, 11) is 0. The van der Waals surface area contributed by atoms with Gasteiger partial charge in [-0.05, 0) is 87.5 Å². The summed E-state index contributed by atoms with van der Waals surface area (Å²) in [4.78, 5) is 7.63. The van der Waals surface area contributed by atoms with Crippen LogP contribution in [0.4, 0.5) is 11.4 Å². The van der Waals surface area contributed by atoms with Crippen molar-refractivity contribution in [3.8, 4) is 32.8 Å². The molecule has 0 atom stereocenters. The maximum Gasteiger partial charge on any atom is 0.143 e. The molecule has 0 unspecified atom stereocenters. The van der Waals surface area contributed by atoms with Gasteiger partial charge in [-0.1, -0.05) is 206 Å². The Balaban J connectivity index is 1.01. The number of para-hydroxylation sites is 2. The van der Waals surface area contributed by atoms with Crippen LogP contribution in [0, 0.1) is 0 Å². The van der Waals surface area contributed by atoms with Gasteiger partial charge in [0.05, 0.1) is 15.6 Å². The zero-order chi connectivity index (χ0) is 43.9. The van der Waals surface area contributed by atoms with Crippen LogP contribution in [0.3, 0.4) is 0 Å². The molecule has 2 heterocycles. The number of rotatable bonds is 8. The molecule has 9 aromatic carbocycles. The minimum Gasteiger partial charge on any atom is -0.455 e. The lowest BCUT2D eigenvalue weighted by Gasteiger charge is -2.35. The first-order valence-corrected chi connectivity index (χ1v) is 23.2. The number of nitrogens with zero attached hydrogens (tertiary/aromatic N) is 2. The van der Waals surface area contributed by atoms with Crippen LogP contribution in [0.1, 0.15) is 22.3 Å². The van der Waals surface area contributed by atoms with Crippen LogP contribution in [0.15, 0.2) is 259 Å². The van der Waals surface area contributed by atoms with Gasteiger partial charge in [0.2, 0.25) is 0 Å². The largest absolute Gasteiger partial charge is 0.455 e. The van der Waals surface area contributed by atoms with Gasteiger partial charge in [0.25, 0.3) is 0 Å². The number of aromatic nitrogens is 1. The first-order valence-electron chi connectivity index (χ1n) is 22.4. The van der Waals surface area contributed by atoms with Crippen LogP contribution in [0.2, 0.25) is 0 Å². The number of hydrogen-bond acceptors (Lipinski definition) is 4. The fraction of sp³-hybridized carbons (Fsp3) is 0.0161. The summed E-state index contributed by atoms with van der Waals surface area (Å²) in [6, 6.07) is 80.1. The Morgan fingerprint density at radius 2 is 1.11 bits per heavy atom. The van der Waals surface area contributed by atoms with E-state index in [9.17, 15) is 0 Å². The number of allylic oxidation sites excluding steroid dienone is 4. The zero-order valence-electron chi connectivity index (χ0n) is 36.0. The minimum absolute atomic E-state index is 0.600. The highest BCUT2D eigenvalue weighted by atomic mass is 32.1. The molecule has 3 nitrogen and oxygen atoms in total. The third-order valence-corrected chi connectivity index (χ3v) is 13.9. The molecule has 0 saturated carbocycles. The van der Waals surface area contributed by atoms with Crippen LogP contribution in [0.25, 0.3) is 71.1 Å². The standard InChI is InChI=1S/C62H42N2OS/c1-4-16-43(17-5-1)44-30-32-47(33-31-44)61-63-57-42-52(38-39-59(57)66-61)64(51-36-34-45(35-37-51)53-26-15-27-55-54-25-11-13-29-58(54)65-60(53)55)50-24-14-19-46-18-10-12-28-56(46)62(41-40-50,48-20-6-2-7-21-48)49-22-8-3-9-23-49/h1-42H/b19-14?,41-40-,50-24?. The first-order chi connectivity index (χ1) is 32.7. The smallest absolute Gasteiger partial charge is 0.143 e. The summed E-state index contributed by atoms with van der Waals surface area (Å²) in [5.41, 5.74) is 15.6. The van der Waals surface area contributed by atoms with E-state index in [0.717, 1.165) is 76.5 Å². The quantitative estimate of drug-likeness (QED) is 0.152. The maximum atomic E-state index is 6.50. The summed E-state index contributed by atoms with van der Waals surface area (Å²) < 4.78 is 7.63. The van der Waals surface area contributed by atoms with E-state index in [2.05, 4.69) is 248 Å². The first kappa shape index (κ1) is 39.3. The van der Waals surface area contributed by atoms with E-state index in [1.807, 2.05) is 12.1 Å². The van der Waals surface area contributed by atoms with Crippen molar-refractivity contribution in [1.82, 2.24) is 4.98 Å². The summed E-state index contributed by atoms with van der Waals surface area (Å²) in [5, 5.41) is 3.24. The molecule has 0 saturated heterocycles. The molecule has 12 rings (SSSR count). The van der Waals surface area contributed by atoms with E-state index in [-0.39, 0.29) is 0 Å². The number of thiazole rings is 1. The van der Waals surface area contributed by atoms with Crippen molar-refractivity contribution in [3.63, 3.8) is 0 Å². The number of fused-ring (bicyclic) bond motifs is 5. The van der Waals surface area contributed by atoms with Crippen molar-refractivity contribution in [1.29, 1.82) is 0 Å². The van der Waals surface area contributed by atoms with Gasteiger partial charge in [-0.25, -0.2) is 4.98 Å². The lowest BCUT2D eigenvalue weighted by molar-refractivity contribution is 0.670. The van der Waals surface area contributed by atoms with Crippen LogP contribution >= 0.6 is 11.3 Å². The number of anilines is 2. The molecular formula is C62H42N2OS. The lowest BCUT2D eigenvalue weighted by Crippen LogP contribution is -2.28. The molecule has 0 spiro atoms. The fourth-order valence-corrected chi connectivity index (χ4v) is 10.6. The van der Waals surface area contributed by atoms with Gasteiger partial charge in [0.15, 0.2) is 0 Å². The predicted octanol–water partition coefficient (Wildman–Crippen LogP) is 16.8. The Morgan fingerprint density at radius 3 is 1.88 bits per heavy atom. The van der Waals surface area contributed by atoms with Gasteiger partial charge < -0.3 is 9.32 Å². The Labute approximate surface area is 388 Å². The molecule has 0 N–H and O–H groups in total. The maximum absolute atomic E-state index is 6.50. The third kappa shape index (κ3) is 6.96. The van der Waals surface area contributed by atoms with E-state index in [1.165, 1.54) is 27.8 Å². The molecule has 0 fully saturated rings. The van der Waals surface area contributed by atoms with E-state index >= 15 is 0 Å². The molecule has 4 heteroatoms. The molecule has 66 heavy (non-hydrogen) atoms. The molecule has 11 aromatic rings. The predicted molar refractivity (Wildman–Crippen MR) is 277 cm³/mol. The second kappa shape index (κ2) is 16.7. The molecule has 0 aliphatic heterocycles. The Morgan fingerprint density at radius 1 is 0.485 bits per heavy atom. The minimum atomic E-state index is -0.600. The van der Waals surface area contributed by atoms with Gasteiger partial charge in [-0.15, -0.1) is 11.3 Å². The van der Waals surface area contributed by atoms with E-state index in [1.54, 1.807) is 11.3 Å². The number of benzene rings is 9. The van der Waals surface area contributed by atoms with Crippen molar-refractivity contribution in [2.75, 3.05) is 4.90 Å².